The molecule has 1 unspecified atom stereocenters. The molecular weight excluding hydrogens is 298 g/mol. The minimum Gasteiger partial charge on any atom is -0.479 e. The molecule has 1 heterocycles. The number of amides is 1. The van der Waals surface area contributed by atoms with Gasteiger partial charge < -0.3 is 4.74 Å². The number of hydrogen-bond acceptors (Lipinski definition) is 5. The number of rotatable bonds is 4. The number of hydrogen-bond donors (Lipinski definition) is 1. The molecule has 0 spiro atoms. The Kier molecular flexibility index (Phi) is 4.57. The van der Waals surface area contributed by atoms with E-state index >= 15 is 0 Å². The van der Waals surface area contributed by atoms with Crippen molar-refractivity contribution in [3.05, 3.63) is 33.8 Å². The topological polar surface area (TPSA) is 64.1 Å². The summed E-state index contributed by atoms with van der Waals surface area (Å²) in [5.41, 5.74) is 1.01. The molecule has 1 aromatic heterocycles. The normalized spacial score (nSPS) is 12.0. The number of carbonyl (C=O) groups is 1. The molecule has 1 N–H and O–H groups in total. The van der Waals surface area contributed by atoms with Gasteiger partial charge in [0.05, 0.1) is 5.02 Å². The van der Waals surface area contributed by atoms with Gasteiger partial charge in [-0.2, -0.15) is 0 Å². The van der Waals surface area contributed by atoms with E-state index in [1.807, 2.05) is 19.9 Å². The molecule has 0 saturated carbocycles. The van der Waals surface area contributed by atoms with Gasteiger partial charge in [-0.05, 0) is 38.5 Å². The summed E-state index contributed by atoms with van der Waals surface area (Å²) in [7, 11) is 0. The van der Waals surface area contributed by atoms with Gasteiger partial charge in [0.25, 0.3) is 5.91 Å². The molecule has 0 bridgehead atoms. The van der Waals surface area contributed by atoms with Gasteiger partial charge in [0.1, 0.15) is 10.8 Å². The Balaban J connectivity index is 2.02. The summed E-state index contributed by atoms with van der Waals surface area (Å²) in [6, 6.07) is 5.41. The smallest absolute Gasteiger partial charge is 0.266 e. The number of nitrogens with zero attached hydrogens (tertiary/aromatic N) is 2. The number of benzene rings is 1. The fraction of sp³-hybridized carbons (Fsp3) is 0.308. The lowest BCUT2D eigenvalue weighted by atomic mass is 10.2. The molecule has 0 saturated heterocycles. The molecule has 0 radical (unpaired) electrons. The fourth-order valence-electron chi connectivity index (χ4n) is 1.50. The van der Waals surface area contributed by atoms with Crippen molar-refractivity contribution in [3.63, 3.8) is 0 Å². The highest BCUT2D eigenvalue weighted by Crippen LogP contribution is 2.26. The Morgan fingerprint density at radius 1 is 1.40 bits per heavy atom. The largest absolute Gasteiger partial charge is 0.479 e. The zero-order valence-electron chi connectivity index (χ0n) is 11.3. The van der Waals surface area contributed by atoms with Gasteiger partial charge in [-0.25, -0.2) is 0 Å². The quantitative estimate of drug-likeness (QED) is 0.941. The lowest BCUT2D eigenvalue weighted by Gasteiger charge is -2.15. The van der Waals surface area contributed by atoms with Crippen LogP contribution in [0, 0.1) is 13.8 Å². The van der Waals surface area contributed by atoms with E-state index in [4.69, 9.17) is 16.3 Å². The molecule has 0 aliphatic rings. The van der Waals surface area contributed by atoms with Gasteiger partial charge in [-0.15, -0.1) is 10.2 Å². The first kappa shape index (κ1) is 14.7. The van der Waals surface area contributed by atoms with E-state index in [0.717, 1.165) is 10.6 Å². The fourth-order valence-corrected chi connectivity index (χ4v) is 2.26. The molecule has 2 rings (SSSR count). The van der Waals surface area contributed by atoms with Crippen molar-refractivity contribution in [2.45, 2.75) is 26.9 Å². The minimum absolute atomic E-state index is 0.293. The molecule has 1 amide bonds. The first-order valence-corrected chi connectivity index (χ1v) is 7.19. The molecule has 106 valence electrons. The van der Waals surface area contributed by atoms with Crippen LogP contribution in [0.2, 0.25) is 5.02 Å². The first-order valence-electron chi connectivity index (χ1n) is 5.99. The average molecular weight is 312 g/mol. The second-order valence-electron chi connectivity index (χ2n) is 4.31. The highest BCUT2D eigenvalue weighted by molar-refractivity contribution is 7.15. The maximum absolute atomic E-state index is 12.0. The summed E-state index contributed by atoms with van der Waals surface area (Å²) in [6.45, 7) is 5.40. The molecule has 1 aromatic carbocycles. The van der Waals surface area contributed by atoms with E-state index < -0.39 is 6.10 Å². The molecule has 0 aliphatic heterocycles. The standard InChI is InChI=1S/C13H14ClN3O2S/c1-7-4-5-10(14)11(6-7)19-8(2)12(18)15-13-17-16-9(3)20-13/h4-6,8H,1-3H3,(H,15,17,18). The Labute approximate surface area is 125 Å². The lowest BCUT2D eigenvalue weighted by Crippen LogP contribution is -2.30. The zero-order chi connectivity index (χ0) is 14.7. The van der Waals surface area contributed by atoms with E-state index in [1.54, 1.807) is 19.1 Å². The third-order valence-corrected chi connectivity index (χ3v) is 3.58. The predicted octanol–water partition coefficient (Wildman–Crippen LogP) is 3.21. The molecular formula is C13H14ClN3O2S. The van der Waals surface area contributed by atoms with Crippen molar-refractivity contribution in [1.82, 2.24) is 10.2 Å². The Bertz CT molecular complexity index is 630. The maximum Gasteiger partial charge on any atom is 0.266 e. The van der Waals surface area contributed by atoms with Gasteiger partial charge in [0, 0.05) is 0 Å². The monoisotopic (exact) mass is 311 g/mol. The van der Waals surface area contributed by atoms with Crippen LogP contribution >= 0.6 is 22.9 Å². The average Bonchev–Trinajstić information content (AvgIpc) is 2.79. The molecule has 1 atom stereocenters. The van der Waals surface area contributed by atoms with E-state index in [-0.39, 0.29) is 5.91 Å². The van der Waals surface area contributed by atoms with E-state index in [9.17, 15) is 4.79 Å². The number of halogens is 1. The second kappa shape index (κ2) is 6.19. The molecule has 0 aliphatic carbocycles. The molecule has 20 heavy (non-hydrogen) atoms. The van der Waals surface area contributed by atoms with Crippen LogP contribution in [-0.2, 0) is 4.79 Å². The van der Waals surface area contributed by atoms with Crippen LogP contribution in [0.5, 0.6) is 5.75 Å². The lowest BCUT2D eigenvalue weighted by molar-refractivity contribution is -0.122. The second-order valence-corrected chi connectivity index (χ2v) is 5.90. The molecule has 2 aromatic rings. The number of aromatic nitrogens is 2. The number of carbonyl (C=O) groups excluding carboxylic acids is 1. The zero-order valence-corrected chi connectivity index (χ0v) is 12.9. The summed E-state index contributed by atoms with van der Waals surface area (Å²) in [5, 5.41) is 12.0. The predicted molar refractivity (Wildman–Crippen MR) is 79.6 cm³/mol. The van der Waals surface area contributed by atoms with Gasteiger partial charge in [0.15, 0.2) is 6.10 Å². The van der Waals surface area contributed by atoms with E-state index in [2.05, 4.69) is 15.5 Å². The highest BCUT2D eigenvalue weighted by Gasteiger charge is 2.17. The molecule has 5 nitrogen and oxygen atoms in total. The van der Waals surface area contributed by atoms with Crippen LogP contribution in [0.15, 0.2) is 18.2 Å². The van der Waals surface area contributed by atoms with Gasteiger partial charge in [-0.3, -0.25) is 10.1 Å². The van der Waals surface area contributed by atoms with Crippen LogP contribution in [0.4, 0.5) is 5.13 Å². The van der Waals surface area contributed by atoms with Crippen LogP contribution in [0.3, 0.4) is 0 Å². The van der Waals surface area contributed by atoms with Gasteiger partial charge >= 0.3 is 0 Å². The van der Waals surface area contributed by atoms with Crippen molar-refractivity contribution < 1.29 is 9.53 Å². The first-order chi connectivity index (χ1) is 9.45. The number of ether oxygens (including phenoxy) is 1. The Hall–Kier alpha value is -1.66. The summed E-state index contributed by atoms with van der Waals surface area (Å²) >= 11 is 7.34. The van der Waals surface area contributed by atoms with Crippen molar-refractivity contribution in [2.75, 3.05) is 5.32 Å². The summed E-state index contributed by atoms with van der Waals surface area (Å²) in [5.74, 6) is 0.196. The third-order valence-electron chi connectivity index (χ3n) is 2.52. The third kappa shape index (κ3) is 3.68. The van der Waals surface area contributed by atoms with Gasteiger partial charge in [0.2, 0.25) is 5.13 Å². The van der Waals surface area contributed by atoms with Crippen LogP contribution in [0.25, 0.3) is 0 Å². The van der Waals surface area contributed by atoms with Crippen molar-refractivity contribution >= 4 is 34.0 Å². The SMILES string of the molecule is Cc1ccc(Cl)c(OC(C)C(=O)Nc2nnc(C)s2)c1. The summed E-state index contributed by atoms with van der Waals surface area (Å²) in [6.07, 6.45) is -0.682. The molecule has 0 fully saturated rings. The summed E-state index contributed by atoms with van der Waals surface area (Å²) < 4.78 is 5.58. The number of anilines is 1. The Morgan fingerprint density at radius 3 is 2.80 bits per heavy atom. The van der Waals surface area contributed by atoms with Crippen LogP contribution < -0.4 is 10.1 Å². The molecule has 7 heteroatoms. The van der Waals surface area contributed by atoms with Crippen molar-refractivity contribution in [3.8, 4) is 5.75 Å². The van der Waals surface area contributed by atoms with Gasteiger partial charge in [-0.1, -0.05) is 29.0 Å². The van der Waals surface area contributed by atoms with Crippen LogP contribution in [-0.4, -0.2) is 22.2 Å². The maximum atomic E-state index is 12.0. The van der Waals surface area contributed by atoms with Crippen molar-refractivity contribution in [1.29, 1.82) is 0 Å². The van der Waals surface area contributed by atoms with E-state index in [1.165, 1.54) is 11.3 Å². The van der Waals surface area contributed by atoms with Crippen molar-refractivity contribution in [2.24, 2.45) is 0 Å². The van der Waals surface area contributed by atoms with E-state index in [0.29, 0.717) is 15.9 Å². The summed E-state index contributed by atoms with van der Waals surface area (Å²) in [4.78, 5) is 12.0. The minimum atomic E-state index is -0.682. The van der Waals surface area contributed by atoms with Crippen LogP contribution in [0.1, 0.15) is 17.5 Å². The number of nitrogens with one attached hydrogen (secondary N) is 1. The highest BCUT2D eigenvalue weighted by atomic mass is 35.5. The number of aryl methyl sites for hydroxylation is 2. The Morgan fingerprint density at radius 2 is 2.15 bits per heavy atom.